The van der Waals surface area contributed by atoms with E-state index in [4.69, 9.17) is 11.6 Å². The van der Waals surface area contributed by atoms with Gasteiger partial charge in [-0.25, -0.2) is 14.4 Å². The smallest absolute Gasteiger partial charge is 0.263 e. The predicted molar refractivity (Wildman–Crippen MR) is 102 cm³/mol. The van der Waals surface area contributed by atoms with E-state index < -0.39 is 0 Å². The summed E-state index contributed by atoms with van der Waals surface area (Å²) >= 11 is 7.06. The van der Waals surface area contributed by atoms with E-state index in [0.717, 1.165) is 5.56 Å². The number of rotatable bonds is 5. The van der Waals surface area contributed by atoms with Crippen molar-refractivity contribution in [2.75, 3.05) is 5.32 Å². The topological polar surface area (TPSA) is 66.9 Å². The summed E-state index contributed by atoms with van der Waals surface area (Å²) in [6.07, 6.45) is 1.53. The van der Waals surface area contributed by atoms with E-state index in [0.29, 0.717) is 26.5 Å². The first-order valence-corrected chi connectivity index (χ1v) is 9.04. The third kappa shape index (κ3) is 4.36. The van der Waals surface area contributed by atoms with Crippen LogP contribution >= 0.6 is 22.9 Å². The number of aromatic nitrogens is 2. The van der Waals surface area contributed by atoms with Crippen molar-refractivity contribution in [3.8, 4) is 0 Å². The maximum Gasteiger partial charge on any atom is 0.263 e. The van der Waals surface area contributed by atoms with Gasteiger partial charge in [0.05, 0.1) is 16.8 Å². The number of hydrogen-bond acceptors (Lipinski definition) is 5. The van der Waals surface area contributed by atoms with Crippen LogP contribution in [-0.4, -0.2) is 15.9 Å². The highest BCUT2D eigenvalue weighted by Crippen LogP contribution is 2.26. The standard InChI is InChI=1S/C18H16ClFN4OS/c1-10(12-3-6-14(20)7-4-12)22-17(25)16-11(2)23-18(26-16)24-15-8-5-13(19)9-21-15/h3-10H,1-2H3,(H,22,25)(H,21,23,24). The second-order valence-electron chi connectivity index (χ2n) is 5.67. The van der Waals surface area contributed by atoms with Gasteiger partial charge in [-0.1, -0.05) is 35.1 Å². The van der Waals surface area contributed by atoms with Crippen LogP contribution < -0.4 is 10.6 Å². The maximum absolute atomic E-state index is 13.0. The number of amides is 1. The Hall–Kier alpha value is -2.51. The SMILES string of the molecule is Cc1nc(Nc2ccc(Cl)cn2)sc1C(=O)NC(C)c1ccc(F)cc1. The number of pyridine rings is 1. The molecule has 0 radical (unpaired) electrons. The molecule has 0 saturated heterocycles. The molecular formula is C18H16ClFN4OS. The Balaban J connectivity index is 1.70. The van der Waals surface area contributed by atoms with Crippen LogP contribution in [0.15, 0.2) is 42.6 Å². The lowest BCUT2D eigenvalue weighted by Crippen LogP contribution is -2.26. The Morgan fingerprint density at radius 3 is 2.62 bits per heavy atom. The molecule has 0 spiro atoms. The average Bonchev–Trinajstić information content (AvgIpc) is 2.98. The second-order valence-corrected chi connectivity index (χ2v) is 7.10. The second kappa shape index (κ2) is 7.80. The average molecular weight is 391 g/mol. The van der Waals surface area contributed by atoms with Crippen molar-refractivity contribution in [2.24, 2.45) is 0 Å². The van der Waals surface area contributed by atoms with Gasteiger partial charge in [-0.15, -0.1) is 0 Å². The Kier molecular flexibility index (Phi) is 5.49. The zero-order chi connectivity index (χ0) is 18.7. The van der Waals surface area contributed by atoms with Gasteiger partial charge in [0, 0.05) is 6.20 Å². The third-order valence-corrected chi connectivity index (χ3v) is 4.98. The molecule has 0 fully saturated rings. The van der Waals surface area contributed by atoms with E-state index in [1.807, 2.05) is 6.92 Å². The monoisotopic (exact) mass is 390 g/mol. The molecule has 1 amide bonds. The fourth-order valence-corrected chi connectivity index (χ4v) is 3.31. The number of carbonyl (C=O) groups is 1. The van der Waals surface area contributed by atoms with Crippen LogP contribution in [0.4, 0.5) is 15.3 Å². The Morgan fingerprint density at radius 2 is 1.96 bits per heavy atom. The Bertz CT molecular complexity index is 912. The zero-order valence-corrected chi connectivity index (χ0v) is 15.7. The van der Waals surface area contributed by atoms with Crippen molar-refractivity contribution in [3.63, 3.8) is 0 Å². The molecule has 1 unspecified atom stereocenters. The number of aryl methyl sites for hydroxylation is 1. The normalized spacial score (nSPS) is 11.8. The molecule has 0 bridgehead atoms. The molecule has 8 heteroatoms. The highest BCUT2D eigenvalue weighted by molar-refractivity contribution is 7.17. The molecule has 1 aromatic carbocycles. The molecule has 3 rings (SSSR count). The first-order valence-electron chi connectivity index (χ1n) is 7.84. The minimum atomic E-state index is -0.308. The van der Waals surface area contributed by atoms with Gasteiger partial charge < -0.3 is 10.6 Å². The molecular weight excluding hydrogens is 375 g/mol. The van der Waals surface area contributed by atoms with E-state index >= 15 is 0 Å². The Morgan fingerprint density at radius 1 is 1.23 bits per heavy atom. The van der Waals surface area contributed by atoms with Crippen molar-refractivity contribution in [1.29, 1.82) is 0 Å². The first-order chi connectivity index (χ1) is 12.4. The van der Waals surface area contributed by atoms with Gasteiger partial charge in [-0.3, -0.25) is 4.79 Å². The summed E-state index contributed by atoms with van der Waals surface area (Å²) in [5, 5.41) is 7.07. The number of nitrogens with zero attached hydrogens (tertiary/aromatic N) is 2. The number of anilines is 2. The van der Waals surface area contributed by atoms with Crippen LogP contribution in [0.3, 0.4) is 0 Å². The molecule has 2 N–H and O–H groups in total. The molecule has 2 aromatic heterocycles. The van der Waals surface area contributed by atoms with Crippen LogP contribution in [-0.2, 0) is 0 Å². The molecule has 3 aromatic rings. The molecule has 0 aliphatic rings. The molecule has 0 aliphatic carbocycles. The number of thiazole rings is 1. The molecule has 5 nitrogen and oxygen atoms in total. The first kappa shape index (κ1) is 18.3. The van der Waals surface area contributed by atoms with Crippen LogP contribution in [0.25, 0.3) is 0 Å². The van der Waals surface area contributed by atoms with Crippen LogP contribution in [0.5, 0.6) is 0 Å². The van der Waals surface area contributed by atoms with Gasteiger partial charge >= 0.3 is 0 Å². The number of nitrogens with one attached hydrogen (secondary N) is 2. The fraction of sp³-hybridized carbons (Fsp3) is 0.167. The lowest BCUT2D eigenvalue weighted by Gasteiger charge is -2.13. The third-order valence-electron chi connectivity index (χ3n) is 3.68. The lowest BCUT2D eigenvalue weighted by atomic mass is 10.1. The quantitative estimate of drug-likeness (QED) is 0.652. The van der Waals surface area contributed by atoms with Crippen molar-refractivity contribution in [2.45, 2.75) is 19.9 Å². The van der Waals surface area contributed by atoms with Crippen molar-refractivity contribution in [1.82, 2.24) is 15.3 Å². The van der Waals surface area contributed by atoms with Crippen molar-refractivity contribution in [3.05, 3.63) is 69.6 Å². The lowest BCUT2D eigenvalue weighted by molar-refractivity contribution is 0.0943. The van der Waals surface area contributed by atoms with E-state index in [-0.39, 0.29) is 17.8 Å². The van der Waals surface area contributed by atoms with Crippen molar-refractivity contribution < 1.29 is 9.18 Å². The van der Waals surface area contributed by atoms with Crippen LogP contribution in [0.2, 0.25) is 5.02 Å². The van der Waals surface area contributed by atoms with Crippen molar-refractivity contribution >= 4 is 39.8 Å². The zero-order valence-electron chi connectivity index (χ0n) is 14.1. The summed E-state index contributed by atoms with van der Waals surface area (Å²) in [7, 11) is 0. The van der Waals surface area contributed by atoms with E-state index in [1.165, 1.54) is 29.7 Å². The summed E-state index contributed by atoms with van der Waals surface area (Å²) in [6.45, 7) is 3.62. The minimum absolute atomic E-state index is 0.228. The van der Waals surface area contributed by atoms with Gasteiger partial charge in [0.25, 0.3) is 5.91 Å². The largest absolute Gasteiger partial charge is 0.345 e. The summed E-state index contributed by atoms with van der Waals surface area (Å²) in [6, 6.07) is 9.25. The van der Waals surface area contributed by atoms with Crippen LogP contribution in [0.1, 0.15) is 33.9 Å². The molecule has 0 saturated carbocycles. The van der Waals surface area contributed by atoms with Gasteiger partial charge in [0.1, 0.15) is 16.5 Å². The van der Waals surface area contributed by atoms with E-state index in [2.05, 4.69) is 20.6 Å². The summed E-state index contributed by atoms with van der Waals surface area (Å²) in [5.74, 6) is 0.0563. The fourth-order valence-electron chi connectivity index (χ4n) is 2.32. The van der Waals surface area contributed by atoms with Crippen LogP contribution in [0, 0.1) is 12.7 Å². The highest BCUT2D eigenvalue weighted by Gasteiger charge is 2.18. The van der Waals surface area contributed by atoms with E-state index in [9.17, 15) is 9.18 Å². The molecule has 2 heterocycles. The summed E-state index contributed by atoms with van der Waals surface area (Å²) in [5.41, 5.74) is 1.45. The number of halogens is 2. The van der Waals surface area contributed by atoms with Gasteiger partial charge in [0.15, 0.2) is 5.13 Å². The number of carbonyl (C=O) groups excluding carboxylic acids is 1. The van der Waals surface area contributed by atoms with Gasteiger partial charge in [-0.2, -0.15) is 0 Å². The maximum atomic E-state index is 13.0. The number of benzene rings is 1. The van der Waals surface area contributed by atoms with E-state index in [1.54, 1.807) is 31.2 Å². The Labute approximate surface area is 159 Å². The highest BCUT2D eigenvalue weighted by atomic mass is 35.5. The van der Waals surface area contributed by atoms with Gasteiger partial charge in [0.2, 0.25) is 0 Å². The predicted octanol–water partition coefficient (Wildman–Crippen LogP) is 4.87. The number of hydrogen-bond donors (Lipinski definition) is 2. The molecule has 26 heavy (non-hydrogen) atoms. The molecule has 0 aliphatic heterocycles. The summed E-state index contributed by atoms with van der Waals surface area (Å²) in [4.78, 5) is 21.6. The molecule has 134 valence electrons. The minimum Gasteiger partial charge on any atom is -0.345 e. The molecule has 1 atom stereocenters. The summed E-state index contributed by atoms with van der Waals surface area (Å²) < 4.78 is 13.0. The van der Waals surface area contributed by atoms with Gasteiger partial charge in [-0.05, 0) is 43.7 Å².